The highest BCUT2D eigenvalue weighted by atomic mass is 16.5. The summed E-state index contributed by atoms with van der Waals surface area (Å²) in [5, 5.41) is 9.47. The molecule has 2 unspecified atom stereocenters. The third kappa shape index (κ3) is 3.90. The van der Waals surface area contributed by atoms with E-state index in [1.165, 1.54) is 4.90 Å². The van der Waals surface area contributed by atoms with Gasteiger partial charge in [0.15, 0.2) is 11.5 Å². The minimum absolute atomic E-state index is 0.154. The van der Waals surface area contributed by atoms with Gasteiger partial charge in [0.25, 0.3) is 0 Å². The molecule has 0 saturated heterocycles. The van der Waals surface area contributed by atoms with Crippen LogP contribution in [0.3, 0.4) is 0 Å². The lowest BCUT2D eigenvalue weighted by Gasteiger charge is -2.27. The Labute approximate surface area is 169 Å². The molecule has 1 aromatic rings. The summed E-state index contributed by atoms with van der Waals surface area (Å²) in [6, 6.07) is 4.76. The van der Waals surface area contributed by atoms with Crippen molar-refractivity contribution >= 4 is 18.1 Å². The number of methoxy groups -OCH3 is 1. The second-order valence-electron chi connectivity index (χ2n) is 7.52. The van der Waals surface area contributed by atoms with Gasteiger partial charge in [0.05, 0.1) is 31.6 Å². The summed E-state index contributed by atoms with van der Waals surface area (Å²) in [6.07, 6.45) is 11.0. The van der Waals surface area contributed by atoms with Gasteiger partial charge in [0.1, 0.15) is 0 Å². The normalized spacial score (nSPS) is 21.8. The van der Waals surface area contributed by atoms with Gasteiger partial charge in [-0.25, -0.2) is 0 Å². The summed E-state index contributed by atoms with van der Waals surface area (Å²) in [6.45, 7) is 0. The van der Waals surface area contributed by atoms with Crippen molar-refractivity contribution in [1.29, 1.82) is 0 Å². The molecule has 2 atom stereocenters. The summed E-state index contributed by atoms with van der Waals surface area (Å²) in [4.78, 5) is 30.0. The first-order chi connectivity index (χ1) is 14.1. The maximum atomic E-state index is 12.9. The first kappa shape index (κ1) is 19.2. The molecule has 1 aliphatic carbocycles. The average molecular weight is 396 g/mol. The zero-order valence-corrected chi connectivity index (χ0v) is 16.3. The van der Waals surface area contributed by atoms with Gasteiger partial charge in [-0.15, -0.1) is 0 Å². The predicted octanol–water partition coefficient (Wildman–Crippen LogP) is 3.47. The molecule has 152 valence electrons. The molecule has 0 bridgehead atoms. The van der Waals surface area contributed by atoms with Crippen LogP contribution in [0.5, 0.6) is 11.5 Å². The van der Waals surface area contributed by atoms with Gasteiger partial charge in [-0.3, -0.25) is 14.6 Å². The number of carboxylic acid groups (broad SMARTS) is 1. The Morgan fingerprint density at radius 2 is 2.10 bits per heavy atom. The third-order valence-corrected chi connectivity index (χ3v) is 5.63. The molecule has 4 rings (SSSR count). The Kier molecular flexibility index (Phi) is 5.38. The van der Waals surface area contributed by atoms with E-state index in [9.17, 15) is 14.7 Å². The number of aliphatic carboxylic acids is 1. The van der Waals surface area contributed by atoms with Crippen LogP contribution in [0.25, 0.3) is 0 Å². The first-order valence-corrected chi connectivity index (χ1v) is 9.87. The number of rotatable bonds is 7. The van der Waals surface area contributed by atoms with Gasteiger partial charge in [0.2, 0.25) is 5.91 Å². The molecule has 1 aromatic carbocycles. The number of nitrogens with zero attached hydrogens (tertiary/aromatic N) is 2. The number of benzene rings is 1. The zero-order valence-electron chi connectivity index (χ0n) is 16.3. The summed E-state index contributed by atoms with van der Waals surface area (Å²) in [7, 11) is 1.56. The molecule has 2 aliphatic heterocycles. The molecular formula is C22H24N2O5. The molecular weight excluding hydrogens is 372 g/mol. The number of hydrogen-bond donors (Lipinski definition) is 1. The Morgan fingerprint density at radius 1 is 1.31 bits per heavy atom. The molecule has 1 saturated carbocycles. The van der Waals surface area contributed by atoms with Gasteiger partial charge in [-0.1, -0.05) is 6.07 Å². The van der Waals surface area contributed by atoms with E-state index in [0.29, 0.717) is 17.1 Å². The van der Waals surface area contributed by atoms with E-state index in [4.69, 9.17) is 9.47 Å². The van der Waals surface area contributed by atoms with Crippen LogP contribution < -0.4 is 9.47 Å². The third-order valence-electron chi connectivity index (χ3n) is 5.63. The monoisotopic (exact) mass is 396 g/mol. The number of fused-ring (bicyclic) bond motifs is 1. The molecule has 1 fully saturated rings. The minimum Gasteiger partial charge on any atom is -0.493 e. The van der Waals surface area contributed by atoms with Crippen LogP contribution >= 0.6 is 0 Å². The van der Waals surface area contributed by atoms with Crippen molar-refractivity contribution in [3.63, 3.8) is 0 Å². The highest BCUT2D eigenvalue weighted by Gasteiger charge is 2.37. The van der Waals surface area contributed by atoms with E-state index in [1.54, 1.807) is 37.9 Å². The van der Waals surface area contributed by atoms with Gasteiger partial charge in [0, 0.05) is 24.2 Å². The highest BCUT2D eigenvalue weighted by molar-refractivity contribution is 5.99. The number of amides is 1. The molecule has 7 heteroatoms. The number of carbonyl (C=O) groups is 2. The maximum Gasteiger partial charge on any atom is 0.305 e. The summed E-state index contributed by atoms with van der Waals surface area (Å²) in [5.41, 5.74) is 1.45. The Bertz CT molecular complexity index is 898. The van der Waals surface area contributed by atoms with Crippen LogP contribution in [0.15, 0.2) is 47.2 Å². The lowest BCUT2D eigenvalue weighted by Crippen LogP contribution is -2.31. The molecule has 29 heavy (non-hydrogen) atoms. The van der Waals surface area contributed by atoms with Crippen molar-refractivity contribution in [3.8, 4) is 11.5 Å². The molecule has 0 aromatic heterocycles. The lowest BCUT2D eigenvalue weighted by atomic mass is 9.99. The van der Waals surface area contributed by atoms with E-state index in [1.807, 2.05) is 12.1 Å². The van der Waals surface area contributed by atoms with Gasteiger partial charge >= 0.3 is 5.97 Å². The topological polar surface area (TPSA) is 88.4 Å². The van der Waals surface area contributed by atoms with E-state index in [-0.39, 0.29) is 18.4 Å². The largest absolute Gasteiger partial charge is 0.493 e. The smallest absolute Gasteiger partial charge is 0.305 e. The van der Waals surface area contributed by atoms with Crippen LogP contribution in [0.4, 0.5) is 0 Å². The molecule has 3 aliphatic rings. The van der Waals surface area contributed by atoms with Gasteiger partial charge < -0.3 is 19.5 Å². The molecule has 2 heterocycles. The number of aliphatic imine (C=N–C) groups is 1. The van der Waals surface area contributed by atoms with Crippen LogP contribution in [0.1, 0.15) is 43.7 Å². The second kappa shape index (κ2) is 8.11. The van der Waals surface area contributed by atoms with Crippen molar-refractivity contribution in [2.75, 3.05) is 7.11 Å². The van der Waals surface area contributed by atoms with Crippen molar-refractivity contribution < 1.29 is 24.2 Å². The summed E-state index contributed by atoms with van der Waals surface area (Å²) >= 11 is 0. The molecule has 1 N–H and O–H groups in total. The standard InChI is InChI=1S/C22H24N2O5/c1-28-20-10-14(6-7-19(20)29-16-4-2-3-5-16)18(11-21(25)26)24-13-15-12-23-9-8-17(15)22(24)27/h6-10,12-13,16-18H,2-5,11H2,1H3,(H,25,26). The van der Waals surface area contributed by atoms with Crippen molar-refractivity contribution in [2.45, 2.75) is 44.2 Å². The number of carboxylic acids is 1. The Balaban J connectivity index is 1.64. The van der Waals surface area contributed by atoms with Crippen LogP contribution in [-0.4, -0.2) is 41.3 Å². The fourth-order valence-electron chi connectivity index (χ4n) is 4.14. The van der Waals surface area contributed by atoms with E-state index in [2.05, 4.69) is 4.99 Å². The minimum atomic E-state index is -0.981. The molecule has 0 spiro atoms. The first-order valence-electron chi connectivity index (χ1n) is 9.87. The lowest BCUT2D eigenvalue weighted by molar-refractivity contribution is -0.139. The van der Waals surface area contributed by atoms with E-state index >= 15 is 0 Å². The van der Waals surface area contributed by atoms with Crippen molar-refractivity contribution in [1.82, 2.24) is 4.90 Å². The number of carbonyl (C=O) groups excluding carboxylic acids is 1. The Hall–Kier alpha value is -3.09. The Morgan fingerprint density at radius 3 is 2.79 bits per heavy atom. The second-order valence-corrected chi connectivity index (χ2v) is 7.52. The highest BCUT2D eigenvalue weighted by Crippen LogP contribution is 2.39. The molecule has 7 nitrogen and oxygen atoms in total. The quantitative estimate of drug-likeness (QED) is 0.762. The number of ether oxygens (including phenoxy) is 2. The predicted molar refractivity (Wildman–Crippen MR) is 107 cm³/mol. The molecule has 0 radical (unpaired) electrons. The molecule has 1 amide bonds. The van der Waals surface area contributed by atoms with E-state index in [0.717, 1.165) is 31.3 Å². The average Bonchev–Trinajstić information content (AvgIpc) is 3.35. The zero-order chi connectivity index (χ0) is 20.4. The van der Waals surface area contributed by atoms with Gasteiger partial charge in [-0.2, -0.15) is 0 Å². The number of hydrogen-bond acceptors (Lipinski definition) is 5. The SMILES string of the molecule is COc1cc(C(CC(=O)O)N2C=C3C=NC=CC3C2=O)ccc1OC1CCCC1. The summed E-state index contributed by atoms with van der Waals surface area (Å²) in [5.74, 6) is -0.352. The van der Waals surface area contributed by atoms with Gasteiger partial charge in [-0.05, 0) is 49.5 Å². The van der Waals surface area contributed by atoms with Crippen molar-refractivity contribution in [3.05, 3.63) is 47.8 Å². The van der Waals surface area contributed by atoms with Crippen LogP contribution in [0, 0.1) is 5.92 Å². The summed E-state index contributed by atoms with van der Waals surface area (Å²) < 4.78 is 11.6. The van der Waals surface area contributed by atoms with Crippen LogP contribution in [0.2, 0.25) is 0 Å². The van der Waals surface area contributed by atoms with E-state index < -0.39 is 17.9 Å². The maximum absolute atomic E-state index is 12.9. The fraction of sp³-hybridized carbons (Fsp3) is 0.409. The fourth-order valence-corrected chi connectivity index (χ4v) is 4.14. The van der Waals surface area contributed by atoms with Crippen molar-refractivity contribution in [2.24, 2.45) is 10.9 Å². The van der Waals surface area contributed by atoms with Crippen LogP contribution in [-0.2, 0) is 9.59 Å².